The fraction of sp³-hybridized carbons (Fsp3) is 0.615. The van der Waals surface area contributed by atoms with E-state index in [-0.39, 0.29) is 5.92 Å². The van der Waals surface area contributed by atoms with Crippen molar-refractivity contribution in [1.29, 1.82) is 0 Å². The van der Waals surface area contributed by atoms with Crippen molar-refractivity contribution in [3.8, 4) is 0 Å². The lowest BCUT2D eigenvalue weighted by Crippen LogP contribution is -2.36. The van der Waals surface area contributed by atoms with Gasteiger partial charge in [-0.05, 0) is 33.6 Å². The Kier molecular flexibility index (Phi) is 3.41. The molecule has 0 N–H and O–H groups in total. The largest absolute Gasteiger partial charge is 0.355 e. The maximum Gasteiger partial charge on any atom is 0.150 e. The van der Waals surface area contributed by atoms with Gasteiger partial charge in [-0.25, -0.2) is 4.98 Å². The zero-order valence-electron chi connectivity index (χ0n) is 10.7. The van der Waals surface area contributed by atoms with Gasteiger partial charge in [0.1, 0.15) is 11.6 Å². The van der Waals surface area contributed by atoms with Gasteiger partial charge in [0.05, 0.1) is 11.4 Å². The van der Waals surface area contributed by atoms with Crippen LogP contribution in [0.25, 0.3) is 0 Å². The minimum Gasteiger partial charge on any atom is -0.355 e. The van der Waals surface area contributed by atoms with Crippen molar-refractivity contribution >= 4 is 11.6 Å². The minimum absolute atomic E-state index is 0.240. The molecule has 17 heavy (non-hydrogen) atoms. The zero-order valence-corrected chi connectivity index (χ0v) is 10.7. The predicted octanol–water partition coefficient (Wildman–Crippen LogP) is 1.90. The summed E-state index contributed by atoms with van der Waals surface area (Å²) in [5, 5.41) is 0. The van der Waals surface area contributed by atoms with Gasteiger partial charge in [-0.15, -0.1) is 0 Å². The number of carbonyl (C=O) groups excluding carboxylic acids is 1. The van der Waals surface area contributed by atoms with Crippen molar-refractivity contribution in [2.24, 2.45) is 5.92 Å². The smallest absolute Gasteiger partial charge is 0.150 e. The summed E-state index contributed by atoms with van der Waals surface area (Å²) in [5.74, 6) is 1.54. The van der Waals surface area contributed by atoms with Crippen LogP contribution in [0.3, 0.4) is 0 Å². The van der Waals surface area contributed by atoms with Crippen LogP contribution in [0.2, 0.25) is 0 Å². The van der Waals surface area contributed by atoms with Gasteiger partial charge in [-0.3, -0.25) is 9.78 Å². The number of hydrogen-bond acceptors (Lipinski definition) is 4. The number of rotatable bonds is 2. The number of aryl methyl sites for hydroxylation is 2. The molecule has 0 aromatic carbocycles. The average Bonchev–Trinajstić information content (AvgIpc) is 2.32. The van der Waals surface area contributed by atoms with Crippen LogP contribution >= 0.6 is 0 Å². The first-order valence-corrected chi connectivity index (χ1v) is 6.13. The highest BCUT2D eigenvalue weighted by Crippen LogP contribution is 2.24. The molecule has 0 amide bonds. The van der Waals surface area contributed by atoms with Gasteiger partial charge in [-0.2, -0.15) is 0 Å². The van der Waals surface area contributed by atoms with E-state index in [1.165, 1.54) is 0 Å². The molecular formula is C13H19N3O. The van der Waals surface area contributed by atoms with Gasteiger partial charge in [0.2, 0.25) is 0 Å². The standard InChI is InChI=1S/C13H19N3O/c1-9-8-14-10(2)13(15-9)16-6-4-12(5-7-16)11(3)17/h8,12H,4-7H2,1-3H3. The topological polar surface area (TPSA) is 46.1 Å². The lowest BCUT2D eigenvalue weighted by atomic mass is 9.93. The lowest BCUT2D eigenvalue weighted by Gasteiger charge is -2.32. The molecule has 0 spiro atoms. The summed E-state index contributed by atoms with van der Waals surface area (Å²) in [4.78, 5) is 22.4. The molecule has 1 aliphatic rings. The Morgan fingerprint density at radius 3 is 2.59 bits per heavy atom. The van der Waals surface area contributed by atoms with E-state index in [4.69, 9.17) is 0 Å². The molecule has 0 atom stereocenters. The maximum atomic E-state index is 11.3. The monoisotopic (exact) mass is 233 g/mol. The average molecular weight is 233 g/mol. The summed E-state index contributed by atoms with van der Waals surface area (Å²) in [6.07, 6.45) is 3.66. The van der Waals surface area contributed by atoms with Gasteiger partial charge in [0.15, 0.2) is 0 Å². The van der Waals surface area contributed by atoms with Crippen molar-refractivity contribution in [2.45, 2.75) is 33.6 Å². The number of ketones is 1. The third kappa shape index (κ3) is 2.62. The SMILES string of the molecule is CC(=O)C1CCN(c2nc(C)cnc2C)CC1. The second-order valence-corrected chi connectivity index (χ2v) is 4.79. The number of carbonyl (C=O) groups is 1. The summed E-state index contributed by atoms with van der Waals surface area (Å²) in [5.41, 5.74) is 1.91. The molecule has 1 aromatic rings. The van der Waals surface area contributed by atoms with E-state index in [0.29, 0.717) is 5.78 Å². The molecule has 0 radical (unpaired) electrons. The van der Waals surface area contributed by atoms with Gasteiger partial charge < -0.3 is 4.90 Å². The van der Waals surface area contributed by atoms with Crippen LogP contribution < -0.4 is 4.90 Å². The highest BCUT2D eigenvalue weighted by Gasteiger charge is 2.24. The predicted molar refractivity (Wildman–Crippen MR) is 67.1 cm³/mol. The fourth-order valence-corrected chi connectivity index (χ4v) is 2.32. The Balaban J connectivity index is 2.10. The van der Waals surface area contributed by atoms with E-state index >= 15 is 0 Å². The van der Waals surface area contributed by atoms with Gasteiger partial charge in [0.25, 0.3) is 0 Å². The Hall–Kier alpha value is -1.45. The van der Waals surface area contributed by atoms with E-state index in [1.54, 1.807) is 13.1 Å². The molecule has 2 rings (SSSR count). The van der Waals surface area contributed by atoms with E-state index in [2.05, 4.69) is 14.9 Å². The first kappa shape index (κ1) is 12.0. The van der Waals surface area contributed by atoms with Crippen molar-refractivity contribution in [2.75, 3.05) is 18.0 Å². The molecule has 0 unspecified atom stereocenters. The molecule has 1 aromatic heterocycles. The molecule has 1 fully saturated rings. The highest BCUT2D eigenvalue weighted by atomic mass is 16.1. The van der Waals surface area contributed by atoms with Crippen LogP contribution in [-0.2, 0) is 4.79 Å². The molecule has 1 aliphatic heterocycles. The van der Waals surface area contributed by atoms with E-state index in [9.17, 15) is 4.79 Å². The summed E-state index contributed by atoms with van der Waals surface area (Å²) < 4.78 is 0. The molecule has 0 bridgehead atoms. The van der Waals surface area contributed by atoms with E-state index < -0.39 is 0 Å². The van der Waals surface area contributed by atoms with Crippen LogP contribution in [0.15, 0.2) is 6.20 Å². The second-order valence-electron chi connectivity index (χ2n) is 4.79. The van der Waals surface area contributed by atoms with Crippen LogP contribution in [0, 0.1) is 19.8 Å². The van der Waals surface area contributed by atoms with E-state index in [0.717, 1.165) is 43.1 Å². The first-order valence-electron chi connectivity index (χ1n) is 6.13. The highest BCUT2D eigenvalue weighted by molar-refractivity contribution is 5.78. The Morgan fingerprint density at radius 1 is 1.35 bits per heavy atom. The Labute approximate surface area is 102 Å². The Bertz CT molecular complexity index is 423. The molecule has 2 heterocycles. The quantitative estimate of drug-likeness (QED) is 0.782. The second kappa shape index (κ2) is 4.82. The molecule has 0 saturated carbocycles. The van der Waals surface area contributed by atoms with Crippen molar-refractivity contribution in [1.82, 2.24) is 9.97 Å². The molecule has 4 nitrogen and oxygen atoms in total. The Morgan fingerprint density at radius 2 is 2.00 bits per heavy atom. The first-order chi connectivity index (χ1) is 8.08. The molecular weight excluding hydrogens is 214 g/mol. The van der Waals surface area contributed by atoms with Gasteiger partial charge in [0, 0.05) is 25.2 Å². The summed E-state index contributed by atoms with van der Waals surface area (Å²) in [6.45, 7) is 7.45. The third-order valence-electron chi connectivity index (χ3n) is 3.42. The molecule has 0 aliphatic carbocycles. The normalized spacial score (nSPS) is 17.2. The number of hydrogen-bond donors (Lipinski definition) is 0. The van der Waals surface area contributed by atoms with Crippen LogP contribution in [0.4, 0.5) is 5.82 Å². The van der Waals surface area contributed by atoms with Crippen LogP contribution in [0.5, 0.6) is 0 Å². The molecule has 1 saturated heterocycles. The third-order valence-corrected chi connectivity index (χ3v) is 3.42. The van der Waals surface area contributed by atoms with Crippen molar-refractivity contribution in [3.05, 3.63) is 17.6 Å². The molecule has 4 heteroatoms. The van der Waals surface area contributed by atoms with Crippen molar-refractivity contribution in [3.63, 3.8) is 0 Å². The summed E-state index contributed by atoms with van der Waals surface area (Å²) >= 11 is 0. The summed E-state index contributed by atoms with van der Waals surface area (Å²) in [7, 11) is 0. The van der Waals surface area contributed by atoms with Crippen LogP contribution in [0.1, 0.15) is 31.2 Å². The number of anilines is 1. The number of piperidine rings is 1. The van der Waals surface area contributed by atoms with Crippen molar-refractivity contribution < 1.29 is 4.79 Å². The van der Waals surface area contributed by atoms with Gasteiger partial charge in [-0.1, -0.05) is 0 Å². The number of nitrogens with zero attached hydrogens (tertiary/aromatic N) is 3. The lowest BCUT2D eigenvalue weighted by molar-refractivity contribution is -0.121. The van der Waals surface area contributed by atoms with E-state index in [1.807, 2.05) is 13.8 Å². The number of aromatic nitrogens is 2. The van der Waals surface area contributed by atoms with Crippen LogP contribution in [-0.4, -0.2) is 28.8 Å². The summed E-state index contributed by atoms with van der Waals surface area (Å²) in [6, 6.07) is 0. The maximum absolute atomic E-state index is 11.3. The fourth-order valence-electron chi connectivity index (χ4n) is 2.32. The molecule has 92 valence electrons. The minimum atomic E-state index is 0.240. The zero-order chi connectivity index (χ0) is 12.4. The van der Waals surface area contributed by atoms with Gasteiger partial charge >= 0.3 is 0 Å². The number of Topliss-reactive ketones (excluding diaryl/α,β-unsaturated/α-hetero) is 1.